The number of nitrogens with zero attached hydrogens (tertiary/aromatic N) is 2. The Hall–Kier alpha value is -2.02. The molecule has 0 N–H and O–H groups in total. The Balaban J connectivity index is 1.77. The summed E-state index contributed by atoms with van der Waals surface area (Å²) in [7, 11) is 0. The molecule has 1 aliphatic rings. The zero-order chi connectivity index (χ0) is 13.9. The molecule has 0 atom stereocenters. The molecule has 0 radical (unpaired) electrons. The predicted molar refractivity (Wildman–Crippen MR) is 71.1 cm³/mol. The molecule has 19 heavy (non-hydrogen) atoms. The molecular weight excluding hydrogens is 240 g/mol. The highest BCUT2D eigenvalue weighted by molar-refractivity contribution is 5.68. The SMILES string of the molecule is CC(C)(C#N)C1CN(C(=O)OCc2ccccc2)C1. The fourth-order valence-electron chi connectivity index (χ4n) is 1.99. The predicted octanol–water partition coefficient (Wildman–Crippen LogP) is 2.80. The number of carbonyl (C=O) groups excluding carboxylic acids is 1. The van der Waals surface area contributed by atoms with Crippen LogP contribution in [0.3, 0.4) is 0 Å². The van der Waals surface area contributed by atoms with Gasteiger partial charge < -0.3 is 9.64 Å². The number of carbonyl (C=O) groups is 1. The van der Waals surface area contributed by atoms with E-state index in [0.29, 0.717) is 19.7 Å². The van der Waals surface area contributed by atoms with Gasteiger partial charge in [-0.05, 0) is 19.4 Å². The maximum atomic E-state index is 11.8. The fraction of sp³-hybridized carbons (Fsp3) is 0.467. The van der Waals surface area contributed by atoms with Crippen LogP contribution in [0.15, 0.2) is 30.3 Å². The molecule has 1 amide bonds. The van der Waals surface area contributed by atoms with Crippen LogP contribution in [-0.4, -0.2) is 24.1 Å². The van der Waals surface area contributed by atoms with Crippen molar-refractivity contribution in [2.45, 2.75) is 20.5 Å². The molecule has 0 unspecified atom stereocenters. The minimum Gasteiger partial charge on any atom is -0.445 e. The molecule has 0 aromatic heterocycles. The van der Waals surface area contributed by atoms with Crippen molar-refractivity contribution < 1.29 is 9.53 Å². The van der Waals surface area contributed by atoms with Gasteiger partial charge in [-0.3, -0.25) is 0 Å². The average Bonchev–Trinajstić information content (AvgIpc) is 2.35. The van der Waals surface area contributed by atoms with Crippen molar-refractivity contribution in [2.75, 3.05) is 13.1 Å². The summed E-state index contributed by atoms with van der Waals surface area (Å²) in [5.74, 6) is 0.238. The van der Waals surface area contributed by atoms with E-state index in [4.69, 9.17) is 10.00 Å². The number of benzene rings is 1. The third-order valence-corrected chi connectivity index (χ3v) is 3.65. The maximum Gasteiger partial charge on any atom is 0.410 e. The smallest absolute Gasteiger partial charge is 0.410 e. The summed E-state index contributed by atoms with van der Waals surface area (Å²) in [4.78, 5) is 13.4. The first-order valence-electron chi connectivity index (χ1n) is 6.40. The number of hydrogen-bond acceptors (Lipinski definition) is 3. The second-order valence-electron chi connectivity index (χ2n) is 5.48. The molecule has 0 saturated carbocycles. The molecule has 0 bridgehead atoms. The highest BCUT2D eigenvalue weighted by atomic mass is 16.6. The monoisotopic (exact) mass is 258 g/mol. The fourth-order valence-corrected chi connectivity index (χ4v) is 1.99. The van der Waals surface area contributed by atoms with E-state index in [2.05, 4.69) is 6.07 Å². The van der Waals surface area contributed by atoms with Gasteiger partial charge in [0.05, 0.1) is 11.5 Å². The molecule has 1 aromatic carbocycles. The van der Waals surface area contributed by atoms with E-state index in [1.165, 1.54) is 0 Å². The lowest BCUT2D eigenvalue weighted by Crippen LogP contribution is -2.55. The number of likely N-dealkylation sites (tertiary alicyclic amines) is 1. The van der Waals surface area contributed by atoms with E-state index >= 15 is 0 Å². The van der Waals surface area contributed by atoms with Gasteiger partial charge in [-0.15, -0.1) is 0 Å². The van der Waals surface area contributed by atoms with Crippen LogP contribution in [0, 0.1) is 22.7 Å². The molecule has 4 nitrogen and oxygen atoms in total. The minimum absolute atomic E-state index is 0.238. The molecule has 1 heterocycles. The Morgan fingerprint density at radius 2 is 2.05 bits per heavy atom. The summed E-state index contributed by atoms with van der Waals surface area (Å²) in [5.41, 5.74) is 0.598. The zero-order valence-corrected chi connectivity index (χ0v) is 11.3. The van der Waals surface area contributed by atoms with Crippen LogP contribution >= 0.6 is 0 Å². The first kappa shape index (κ1) is 13.4. The lowest BCUT2D eigenvalue weighted by molar-refractivity contribution is 0.0219. The van der Waals surface area contributed by atoms with Crippen molar-refractivity contribution in [1.82, 2.24) is 4.90 Å². The summed E-state index contributed by atoms with van der Waals surface area (Å²) in [6, 6.07) is 11.9. The summed E-state index contributed by atoms with van der Waals surface area (Å²) in [5, 5.41) is 9.02. The number of ether oxygens (including phenoxy) is 1. The lowest BCUT2D eigenvalue weighted by Gasteiger charge is -2.43. The van der Waals surface area contributed by atoms with Crippen molar-refractivity contribution in [3.05, 3.63) is 35.9 Å². The Morgan fingerprint density at radius 1 is 1.42 bits per heavy atom. The number of nitriles is 1. The van der Waals surface area contributed by atoms with Crippen molar-refractivity contribution in [1.29, 1.82) is 5.26 Å². The van der Waals surface area contributed by atoms with Crippen LogP contribution in [-0.2, 0) is 11.3 Å². The Morgan fingerprint density at radius 3 is 2.63 bits per heavy atom. The van der Waals surface area contributed by atoms with Gasteiger partial charge in [0.25, 0.3) is 0 Å². The number of amides is 1. The van der Waals surface area contributed by atoms with Crippen molar-refractivity contribution in [3.63, 3.8) is 0 Å². The molecule has 1 aromatic rings. The third-order valence-electron chi connectivity index (χ3n) is 3.65. The van der Waals surface area contributed by atoms with Gasteiger partial charge in [-0.1, -0.05) is 30.3 Å². The Bertz CT molecular complexity index is 485. The molecule has 100 valence electrons. The zero-order valence-electron chi connectivity index (χ0n) is 11.3. The van der Waals surface area contributed by atoms with Gasteiger partial charge in [0, 0.05) is 19.0 Å². The first-order valence-corrected chi connectivity index (χ1v) is 6.40. The van der Waals surface area contributed by atoms with Crippen LogP contribution in [0.25, 0.3) is 0 Å². The van der Waals surface area contributed by atoms with E-state index in [-0.39, 0.29) is 17.4 Å². The van der Waals surface area contributed by atoms with Crippen LogP contribution in [0.1, 0.15) is 19.4 Å². The van der Waals surface area contributed by atoms with Crippen LogP contribution in [0.4, 0.5) is 4.79 Å². The van der Waals surface area contributed by atoms with Gasteiger partial charge >= 0.3 is 6.09 Å². The molecular formula is C15H18N2O2. The highest BCUT2D eigenvalue weighted by Crippen LogP contribution is 2.33. The van der Waals surface area contributed by atoms with Gasteiger partial charge in [-0.2, -0.15) is 5.26 Å². The third kappa shape index (κ3) is 3.05. The molecule has 1 fully saturated rings. The van der Waals surface area contributed by atoms with Crippen LogP contribution in [0.5, 0.6) is 0 Å². The van der Waals surface area contributed by atoms with Crippen LogP contribution < -0.4 is 0 Å². The van der Waals surface area contributed by atoms with Crippen molar-refractivity contribution in [3.8, 4) is 6.07 Å². The Kier molecular flexibility index (Phi) is 3.75. The van der Waals surface area contributed by atoms with Crippen molar-refractivity contribution >= 4 is 6.09 Å². The van der Waals surface area contributed by atoms with Gasteiger partial charge in [0.1, 0.15) is 6.61 Å². The lowest BCUT2D eigenvalue weighted by atomic mass is 9.76. The largest absolute Gasteiger partial charge is 0.445 e. The van der Waals surface area contributed by atoms with E-state index in [1.54, 1.807) is 4.90 Å². The van der Waals surface area contributed by atoms with Gasteiger partial charge in [0.2, 0.25) is 0 Å². The number of rotatable bonds is 3. The summed E-state index contributed by atoms with van der Waals surface area (Å²) in [6.45, 7) is 5.32. The van der Waals surface area contributed by atoms with E-state index in [9.17, 15) is 4.79 Å². The minimum atomic E-state index is -0.379. The molecule has 0 aliphatic carbocycles. The van der Waals surface area contributed by atoms with Crippen LogP contribution in [0.2, 0.25) is 0 Å². The standard InChI is InChI=1S/C15H18N2O2/c1-15(2,11-16)13-8-17(9-13)14(18)19-10-12-6-4-3-5-7-12/h3-7,13H,8-10H2,1-2H3. The maximum absolute atomic E-state index is 11.8. The summed E-state index contributed by atoms with van der Waals surface area (Å²) in [6.07, 6.45) is -0.297. The van der Waals surface area contributed by atoms with E-state index in [1.807, 2.05) is 44.2 Å². The summed E-state index contributed by atoms with van der Waals surface area (Å²) >= 11 is 0. The Labute approximate surface area is 113 Å². The number of hydrogen-bond donors (Lipinski definition) is 0. The first-order chi connectivity index (χ1) is 9.03. The molecule has 0 spiro atoms. The normalized spacial score (nSPS) is 15.5. The average molecular weight is 258 g/mol. The molecule has 4 heteroatoms. The van der Waals surface area contributed by atoms with Crippen molar-refractivity contribution in [2.24, 2.45) is 11.3 Å². The second-order valence-corrected chi connectivity index (χ2v) is 5.48. The second kappa shape index (κ2) is 5.31. The molecule has 1 saturated heterocycles. The van der Waals surface area contributed by atoms with Gasteiger partial charge in [0.15, 0.2) is 0 Å². The molecule has 1 aliphatic heterocycles. The molecule has 2 rings (SSSR count). The van der Waals surface area contributed by atoms with E-state index < -0.39 is 0 Å². The van der Waals surface area contributed by atoms with E-state index in [0.717, 1.165) is 5.56 Å². The topological polar surface area (TPSA) is 53.3 Å². The van der Waals surface area contributed by atoms with Gasteiger partial charge in [-0.25, -0.2) is 4.79 Å². The highest BCUT2D eigenvalue weighted by Gasteiger charge is 2.41. The quantitative estimate of drug-likeness (QED) is 0.837. The summed E-state index contributed by atoms with van der Waals surface area (Å²) < 4.78 is 5.23.